The number of aromatic nitrogens is 3. The first-order chi connectivity index (χ1) is 10.3. The van der Waals surface area contributed by atoms with E-state index < -0.39 is 0 Å². The normalized spacial score (nSPS) is 15.0. The van der Waals surface area contributed by atoms with Crippen LogP contribution in [0, 0.1) is 0 Å². The third-order valence-electron chi connectivity index (χ3n) is 3.45. The second-order valence-electron chi connectivity index (χ2n) is 4.66. The monoisotopic (exact) mass is 288 g/mol. The zero-order chi connectivity index (χ0) is 14.7. The fraction of sp³-hybridized carbons (Fsp3) is 0.357. The highest BCUT2D eigenvalue weighted by Crippen LogP contribution is 2.25. The summed E-state index contributed by atoms with van der Waals surface area (Å²) >= 11 is 0. The van der Waals surface area contributed by atoms with Gasteiger partial charge in [0.25, 0.3) is 0 Å². The number of rotatable bonds is 3. The average molecular weight is 288 g/mol. The van der Waals surface area contributed by atoms with Gasteiger partial charge in [-0.1, -0.05) is 0 Å². The molecule has 2 heterocycles. The summed E-state index contributed by atoms with van der Waals surface area (Å²) in [5.41, 5.74) is 2.21. The molecule has 0 atom stereocenters. The van der Waals surface area contributed by atoms with Crippen molar-refractivity contribution in [3.63, 3.8) is 0 Å². The zero-order valence-corrected chi connectivity index (χ0v) is 11.7. The minimum Gasteiger partial charge on any atom is -0.465 e. The first-order valence-corrected chi connectivity index (χ1v) is 6.69. The van der Waals surface area contributed by atoms with Gasteiger partial charge in [-0.05, 0) is 18.2 Å². The van der Waals surface area contributed by atoms with Crippen LogP contribution in [0.2, 0.25) is 0 Å². The van der Waals surface area contributed by atoms with Crippen molar-refractivity contribution in [2.45, 2.75) is 0 Å². The molecule has 2 aromatic rings. The average Bonchev–Trinajstić information content (AvgIpc) is 3.09. The molecule has 3 rings (SSSR count). The molecule has 0 spiro atoms. The maximum absolute atomic E-state index is 12.1. The van der Waals surface area contributed by atoms with Crippen LogP contribution in [0.15, 0.2) is 30.9 Å². The zero-order valence-electron chi connectivity index (χ0n) is 11.7. The van der Waals surface area contributed by atoms with Gasteiger partial charge in [-0.25, -0.2) is 4.79 Å². The molecule has 0 saturated carbocycles. The largest absolute Gasteiger partial charge is 0.465 e. The van der Waals surface area contributed by atoms with Gasteiger partial charge in [-0.2, -0.15) is 0 Å². The number of hydrogen-bond donors (Lipinski definition) is 0. The van der Waals surface area contributed by atoms with Crippen LogP contribution < -0.4 is 4.90 Å². The Morgan fingerprint density at radius 2 is 1.95 bits per heavy atom. The summed E-state index contributed by atoms with van der Waals surface area (Å²) in [6.07, 6.45) is 3.18. The van der Waals surface area contributed by atoms with Crippen molar-refractivity contribution in [3.8, 4) is 5.69 Å². The Kier molecular flexibility index (Phi) is 3.83. The lowest BCUT2D eigenvalue weighted by Crippen LogP contribution is -2.37. The van der Waals surface area contributed by atoms with Gasteiger partial charge >= 0.3 is 5.97 Å². The van der Waals surface area contributed by atoms with E-state index in [1.807, 2.05) is 12.1 Å². The number of ether oxygens (including phenoxy) is 2. The van der Waals surface area contributed by atoms with Crippen LogP contribution in [0.5, 0.6) is 0 Å². The van der Waals surface area contributed by atoms with Crippen molar-refractivity contribution >= 4 is 11.7 Å². The quantitative estimate of drug-likeness (QED) is 0.781. The van der Waals surface area contributed by atoms with Crippen LogP contribution in [0.1, 0.15) is 10.4 Å². The number of esters is 1. The lowest BCUT2D eigenvalue weighted by atomic mass is 10.1. The summed E-state index contributed by atoms with van der Waals surface area (Å²) in [6, 6.07) is 5.65. The van der Waals surface area contributed by atoms with Gasteiger partial charge < -0.3 is 14.4 Å². The number of carbonyl (C=O) groups excluding carboxylic acids is 1. The number of carbonyl (C=O) groups is 1. The predicted molar refractivity (Wildman–Crippen MR) is 75.7 cm³/mol. The SMILES string of the molecule is COC(=O)c1cc(-n2cnnc2)ccc1N1CCOCC1. The Morgan fingerprint density at radius 3 is 2.62 bits per heavy atom. The molecule has 21 heavy (non-hydrogen) atoms. The summed E-state index contributed by atoms with van der Waals surface area (Å²) in [6.45, 7) is 2.84. The van der Waals surface area contributed by atoms with Gasteiger partial charge in [-0.15, -0.1) is 10.2 Å². The van der Waals surface area contributed by atoms with Crippen molar-refractivity contribution in [2.24, 2.45) is 0 Å². The molecular weight excluding hydrogens is 272 g/mol. The fourth-order valence-corrected chi connectivity index (χ4v) is 2.37. The number of anilines is 1. The Labute approximate surface area is 122 Å². The Morgan fingerprint density at radius 1 is 1.24 bits per heavy atom. The second kappa shape index (κ2) is 5.92. The maximum Gasteiger partial charge on any atom is 0.340 e. The highest BCUT2D eigenvalue weighted by atomic mass is 16.5. The predicted octanol–water partition coefficient (Wildman–Crippen LogP) is 0.890. The van der Waals surface area contributed by atoms with E-state index in [1.54, 1.807) is 23.3 Å². The summed E-state index contributed by atoms with van der Waals surface area (Å²) in [7, 11) is 1.39. The molecule has 7 heteroatoms. The third kappa shape index (κ3) is 2.73. The van der Waals surface area contributed by atoms with Gasteiger partial charge in [-0.3, -0.25) is 4.57 Å². The minimum atomic E-state index is -0.355. The van der Waals surface area contributed by atoms with E-state index in [0.29, 0.717) is 18.8 Å². The molecular formula is C14H16N4O3. The smallest absolute Gasteiger partial charge is 0.340 e. The lowest BCUT2D eigenvalue weighted by Gasteiger charge is -2.30. The third-order valence-corrected chi connectivity index (χ3v) is 3.45. The molecule has 0 unspecified atom stereocenters. The highest BCUT2D eigenvalue weighted by molar-refractivity contribution is 5.96. The number of methoxy groups -OCH3 is 1. The second-order valence-corrected chi connectivity index (χ2v) is 4.66. The van der Waals surface area contributed by atoms with Crippen molar-refractivity contribution in [1.29, 1.82) is 0 Å². The number of hydrogen-bond acceptors (Lipinski definition) is 6. The summed E-state index contributed by atoms with van der Waals surface area (Å²) in [5, 5.41) is 7.55. The Bertz CT molecular complexity index is 621. The first kappa shape index (κ1) is 13.6. The van der Waals surface area contributed by atoms with E-state index in [9.17, 15) is 4.79 Å². The molecule has 0 radical (unpaired) electrons. The Balaban J connectivity index is 2.01. The van der Waals surface area contributed by atoms with Gasteiger partial charge in [0.15, 0.2) is 0 Å². The van der Waals surface area contributed by atoms with E-state index in [2.05, 4.69) is 15.1 Å². The number of morpholine rings is 1. The molecule has 1 aromatic carbocycles. The summed E-state index contributed by atoms with van der Waals surface area (Å²) < 4.78 is 12.0. The van der Waals surface area contributed by atoms with Crippen molar-refractivity contribution < 1.29 is 14.3 Å². The van der Waals surface area contributed by atoms with Crippen LogP contribution in [0.4, 0.5) is 5.69 Å². The van der Waals surface area contributed by atoms with Gasteiger partial charge in [0, 0.05) is 18.8 Å². The minimum absolute atomic E-state index is 0.355. The highest BCUT2D eigenvalue weighted by Gasteiger charge is 2.20. The summed E-state index contributed by atoms with van der Waals surface area (Å²) in [5.74, 6) is -0.355. The molecule has 1 fully saturated rings. The molecule has 0 aliphatic carbocycles. The van der Waals surface area contributed by atoms with Crippen LogP contribution in [0.3, 0.4) is 0 Å². The first-order valence-electron chi connectivity index (χ1n) is 6.69. The lowest BCUT2D eigenvalue weighted by molar-refractivity contribution is 0.0600. The molecule has 110 valence electrons. The van der Waals surface area contributed by atoms with Crippen molar-refractivity contribution in [2.75, 3.05) is 38.3 Å². The number of nitrogens with zero attached hydrogens (tertiary/aromatic N) is 4. The molecule has 1 saturated heterocycles. The molecule has 1 aromatic heterocycles. The van der Waals surface area contributed by atoms with E-state index in [0.717, 1.165) is 24.5 Å². The molecule has 1 aliphatic heterocycles. The Hall–Kier alpha value is -2.41. The van der Waals surface area contributed by atoms with E-state index in [-0.39, 0.29) is 5.97 Å². The molecule has 7 nitrogen and oxygen atoms in total. The fourth-order valence-electron chi connectivity index (χ4n) is 2.37. The van der Waals surface area contributed by atoms with E-state index in [1.165, 1.54) is 7.11 Å². The van der Waals surface area contributed by atoms with Crippen LogP contribution in [0.25, 0.3) is 5.69 Å². The van der Waals surface area contributed by atoms with E-state index >= 15 is 0 Å². The maximum atomic E-state index is 12.1. The van der Waals surface area contributed by atoms with Crippen LogP contribution >= 0.6 is 0 Å². The van der Waals surface area contributed by atoms with Gasteiger partial charge in [0.2, 0.25) is 0 Å². The van der Waals surface area contributed by atoms with Gasteiger partial charge in [0.05, 0.1) is 31.6 Å². The standard InChI is InChI=1S/C14H16N4O3/c1-20-14(19)12-8-11(18-9-15-16-10-18)2-3-13(12)17-4-6-21-7-5-17/h2-3,8-10H,4-7H2,1H3. The topological polar surface area (TPSA) is 69.5 Å². The van der Waals surface area contributed by atoms with Crippen molar-refractivity contribution in [3.05, 3.63) is 36.4 Å². The molecule has 0 bridgehead atoms. The van der Waals surface area contributed by atoms with Gasteiger partial charge in [0.1, 0.15) is 12.7 Å². The van der Waals surface area contributed by atoms with Crippen molar-refractivity contribution in [1.82, 2.24) is 14.8 Å². The van der Waals surface area contributed by atoms with Crippen LogP contribution in [-0.4, -0.2) is 54.1 Å². The summed E-state index contributed by atoms with van der Waals surface area (Å²) in [4.78, 5) is 14.2. The molecule has 0 amide bonds. The van der Waals surface area contributed by atoms with E-state index in [4.69, 9.17) is 9.47 Å². The molecule has 1 aliphatic rings. The van der Waals surface area contributed by atoms with Crippen LogP contribution in [-0.2, 0) is 9.47 Å². The molecule has 0 N–H and O–H groups in total. The number of benzene rings is 1.